The first-order chi connectivity index (χ1) is 7.16. The standard InChI is InChI=1S/C9H12ClNO2S2/c10-7-8-3-1-5-11(8)15(12,13)9-4-2-6-14-9/h2,4,6,8H,1,3,5,7H2/t8-/m0/s1. The molecule has 1 aliphatic rings. The summed E-state index contributed by atoms with van der Waals surface area (Å²) in [5.41, 5.74) is 0. The molecule has 0 aliphatic carbocycles. The van der Waals surface area contributed by atoms with E-state index in [1.807, 2.05) is 0 Å². The summed E-state index contributed by atoms with van der Waals surface area (Å²) < 4.78 is 26.2. The molecule has 1 aliphatic heterocycles. The van der Waals surface area contributed by atoms with Gasteiger partial charge in [-0.1, -0.05) is 6.07 Å². The van der Waals surface area contributed by atoms with Crippen molar-refractivity contribution in [1.29, 1.82) is 0 Å². The molecule has 0 unspecified atom stereocenters. The van der Waals surface area contributed by atoms with Crippen LogP contribution < -0.4 is 0 Å². The molecule has 0 radical (unpaired) electrons. The molecule has 15 heavy (non-hydrogen) atoms. The minimum absolute atomic E-state index is 0.0289. The predicted octanol–water partition coefficient (Wildman–Crippen LogP) is 2.14. The lowest BCUT2D eigenvalue weighted by molar-refractivity contribution is 0.412. The van der Waals surface area contributed by atoms with Crippen molar-refractivity contribution in [2.24, 2.45) is 0 Å². The van der Waals surface area contributed by atoms with Crippen LogP contribution in [0.25, 0.3) is 0 Å². The Morgan fingerprint density at radius 3 is 3.00 bits per heavy atom. The average molecular weight is 266 g/mol. The van der Waals surface area contributed by atoms with Crippen LogP contribution in [-0.4, -0.2) is 31.2 Å². The zero-order valence-corrected chi connectivity index (χ0v) is 10.5. The molecule has 2 heterocycles. The molecule has 0 bridgehead atoms. The average Bonchev–Trinajstić information content (AvgIpc) is 2.89. The summed E-state index contributed by atoms with van der Waals surface area (Å²) in [7, 11) is -3.29. The molecule has 1 fully saturated rings. The smallest absolute Gasteiger partial charge is 0.206 e. The highest BCUT2D eigenvalue weighted by molar-refractivity contribution is 7.91. The van der Waals surface area contributed by atoms with Gasteiger partial charge in [0.05, 0.1) is 0 Å². The summed E-state index contributed by atoms with van der Waals surface area (Å²) in [5.74, 6) is 0.380. The Labute approximate surface area is 98.7 Å². The third-order valence-electron chi connectivity index (χ3n) is 2.56. The van der Waals surface area contributed by atoms with E-state index in [-0.39, 0.29) is 6.04 Å². The van der Waals surface area contributed by atoms with Crippen LogP contribution in [0, 0.1) is 0 Å². The van der Waals surface area contributed by atoms with E-state index in [1.165, 1.54) is 15.6 Å². The first-order valence-electron chi connectivity index (χ1n) is 4.77. The Morgan fingerprint density at radius 1 is 1.60 bits per heavy atom. The SMILES string of the molecule is O=S(=O)(c1cccs1)N1CCC[C@H]1CCl. The normalized spacial score (nSPS) is 23.4. The fourth-order valence-electron chi connectivity index (χ4n) is 1.81. The second-order valence-corrected chi connectivity index (χ2v) is 6.87. The second-order valence-electron chi connectivity index (χ2n) is 3.50. The lowest BCUT2D eigenvalue weighted by Gasteiger charge is -2.21. The third-order valence-corrected chi connectivity index (χ3v) is 6.24. The lowest BCUT2D eigenvalue weighted by Crippen LogP contribution is -2.36. The Balaban J connectivity index is 2.30. The molecule has 0 saturated carbocycles. The number of thiophene rings is 1. The summed E-state index contributed by atoms with van der Waals surface area (Å²) >= 11 is 7.02. The number of halogens is 1. The molecule has 0 spiro atoms. The van der Waals surface area contributed by atoms with Gasteiger partial charge in [-0.2, -0.15) is 4.31 Å². The van der Waals surface area contributed by atoms with Crippen molar-refractivity contribution in [3.05, 3.63) is 17.5 Å². The molecule has 1 atom stereocenters. The van der Waals surface area contributed by atoms with Gasteiger partial charge in [-0.15, -0.1) is 22.9 Å². The number of hydrogen-bond donors (Lipinski definition) is 0. The molecular formula is C9H12ClNO2S2. The van der Waals surface area contributed by atoms with E-state index < -0.39 is 10.0 Å². The maximum atomic E-state index is 12.1. The van der Waals surface area contributed by atoms with E-state index in [2.05, 4.69) is 0 Å². The van der Waals surface area contributed by atoms with Gasteiger partial charge in [0.25, 0.3) is 10.0 Å². The molecule has 3 nitrogen and oxygen atoms in total. The maximum Gasteiger partial charge on any atom is 0.252 e. The zero-order valence-electron chi connectivity index (χ0n) is 8.10. The van der Waals surface area contributed by atoms with Gasteiger partial charge in [-0.3, -0.25) is 0 Å². The van der Waals surface area contributed by atoms with E-state index >= 15 is 0 Å². The van der Waals surface area contributed by atoms with Crippen molar-refractivity contribution in [3.63, 3.8) is 0 Å². The summed E-state index contributed by atoms with van der Waals surface area (Å²) in [4.78, 5) is 0. The first-order valence-corrected chi connectivity index (χ1v) is 7.63. The van der Waals surface area contributed by atoms with E-state index in [0.717, 1.165) is 12.8 Å². The van der Waals surface area contributed by atoms with Crippen molar-refractivity contribution in [2.75, 3.05) is 12.4 Å². The minimum Gasteiger partial charge on any atom is -0.206 e. The van der Waals surface area contributed by atoms with Gasteiger partial charge in [-0.25, -0.2) is 8.42 Å². The summed E-state index contributed by atoms with van der Waals surface area (Å²) in [6.07, 6.45) is 1.77. The van der Waals surface area contributed by atoms with Crippen molar-refractivity contribution < 1.29 is 8.42 Å². The highest BCUT2D eigenvalue weighted by atomic mass is 35.5. The maximum absolute atomic E-state index is 12.1. The molecular weight excluding hydrogens is 254 g/mol. The van der Waals surface area contributed by atoms with Crippen LogP contribution >= 0.6 is 22.9 Å². The Morgan fingerprint density at radius 2 is 2.40 bits per heavy atom. The zero-order chi connectivity index (χ0) is 10.9. The number of rotatable bonds is 3. The van der Waals surface area contributed by atoms with Gasteiger partial charge >= 0.3 is 0 Å². The number of hydrogen-bond acceptors (Lipinski definition) is 3. The number of nitrogens with zero attached hydrogens (tertiary/aromatic N) is 1. The Hall–Kier alpha value is -0.100. The van der Waals surface area contributed by atoms with Crippen LogP contribution in [0.15, 0.2) is 21.7 Å². The van der Waals surface area contributed by atoms with Gasteiger partial charge < -0.3 is 0 Å². The molecule has 84 valence electrons. The van der Waals surface area contributed by atoms with Crippen LogP contribution in [-0.2, 0) is 10.0 Å². The van der Waals surface area contributed by atoms with Gasteiger partial charge in [0.15, 0.2) is 0 Å². The first kappa shape index (κ1) is 11.4. The van der Waals surface area contributed by atoms with Crippen LogP contribution in [0.5, 0.6) is 0 Å². The molecule has 0 N–H and O–H groups in total. The molecule has 0 amide bonds. The largest absolute Gasteiger partial charge is 0.252 e. The minimum atomic E-state index is -3.29. The van der Waals surface area contributed by atoms with Crippen LogP contribution in [0.2, 0.25) is 0 Å². The van der Waals surface area contributed by atoms with Gasteiger partial charge in [0, 0.05) is 18.5 Å². The Kier molecular flexibility index (Phi) is 3.35. The van der Waals surface area contributed by atoms with Gasteiger partial charge in [0.2, 0.25) is 0 Å². The fourth-order valence-corrected chi connectivity index (χ4v) is 5.02. The van der Waals surface area contributed by atoms with Gasteiger partial charge in [-0.05, 0) is 24.3 Å². The highest BCUT2D eigenvalue weighted by Crippen LogP contribution is 2.28. The number of alkyl halides is 1. The molecule has 0 aromatic carbocycles. The van der Waals surface area contributed by atoms with Crippen LogP contribution in [0.3, 0.4) is 0 Å². The van der Waals surface area contributed by atoms with E-state index in [4.69, 9.17) is 11.6 Å². The van der Waals surface area contributed by atoms with Crippen molar-refractivity contribution in [3.8, 4) is 0 Å². The van der Waals surface area contributed by atoms with E-state index in [0.29, 0.717) is 16.6 Å². The second kappa shape index (κ2) is 4.41. The highest BCUT2D eigenvalue weighted by Gasteiger charge is 2.35. The lowest BCUT2D eigenvalue weighted by atomic mass is 10.3. The summed E-state index contributed by atoms with van der Waals surface area (Å²) in [5, 5.41) is 1.78. The predicted molar refractivity (Wildman–Crippen MR) is 62.0 cm³/mol. The van der Waals surface area contributed by atoms with Crippen LogP contribution in [0.4, 0.5) is 0 Å². The molecule has 1 aromatic rings. The van der Waals surface area contributed by atoms with Crippen molar-refractivity contribution >= 4 is 33.0 Å². The molecule has 1 aromatic heterocycles. The van der Waals surface area contributed by atoms with E-state index in [1.54, 1.807) is 17.5 Å². The summed E-state index contributed by atoms with van der Waals surface area (Å²) in [6, 6.07) is 3.37. The molecule has 1 saturated heterocycles. The molecule has 2 rings (SSSR count). The van der Waals surface area contributed by atoms with Crippen molar-refractivity contribution in [1.82, 2.24) is 4.31 Å². The monoisotopic (exact) mass is 265 g/mol. The van der Waals surface area contributed by atoms with Crippen LogP contribution in [0.1, 0.15) is 12.8 Å². The van der Waals surface area contributed by atoms with Gasteiger partial charge in [0.1, 0.15) is 4.21 Å². The third kappa shape index (κ3) is 2.06. The fraction of sp³-hybridized carbons (Fsp3) is 0.556. The summed E-state index contributed by atoms with van der Waals surface area (Å²) in [6.45, 7) is 0.595. The Bertz CT molecular complexity index is 415. The quantitative estimate of drug-likeness (QED) is 0.786. The number of sulfonamides is 1. The van der Waals surface area contributed by atoms with E-state index in [9.17, 15) is 8.42 Å². The van der Waals surface area contributed by atoms with Crippen molar-refractivity contribution in [2.45, 2.75) is 23.1 Å². The molecule has 6 heteroatoms. The topological polar surface area (TPSA) is 37.4 Å².